The van der Waals surface area contributed by atoms with Crippen molar-refractivity contribution < 1.29 is 4.74 Å². The van der Waals surface area contributed by atoms with Crippen LogP contribution in [0.15, 0.2) is 0 Å². The molecule has 0 aromatic carbocycles. The van der Waals surface area contributed by atoms with Crippen LogP contribution in [0.5, 0.6) is 0 Å². The predicted octanol–water partition coefficient (Wildman–Crippen LogP) is 2.76. The Balaban J connectivity index is 2.35. The molecular weight excluding hydrogens is 314 g/mol. The van der Waals surface area contributed by atoms with Gasteiger partial charge in [0.05, 0.1) is 15.9 Å². The molecule has 14 heavy (non-hydrogen) atoms. The highest BCUT2D eigenvalue weighted by atomic mass is 127. The van der Waals surface area contributed by atoms with E-state index in [2.05, 4.69) is 32.6 Å². The number of ether oxygens (including phenoxy) is 1. The van der Waals surface area contributed by atoms with Gasteiger partial charge in [0, 0.05) is 13.0 Å². The van der Waals surface area contributed by atoms with E-state index in [1.165, 1.54) is 12.8 Å². The zero-order valence-electron chi connectivity index (χ0n) is 7.76. The summed E-state index contributed by atoms with van der Waals surface area (Å²) in [5.41, 5.74) is 0.898. The number of rotatable bonds is 3. The van der Waals surface area contributed by atoms with Gasteiger partial charge >= 0.3 is 0 Å². The van der Waals surface area contributed by atoms with Gasteiger partial charge in [0.1, 0.15) is 11.0 Å². The first kappa shape index (κ1) is 10.6. The summed E-state index contributed by atoms with van der Waals surface area (Å²) in [5, 5.41) is 0.551. The summed E-state index contributed by atoms with van der Waals surface area (Å²) in [7, 11) is 1.66. The Morgan fingerprint density at radius 3 is 2.79 bits per heavy atom. The lowest BCUT2D eigenvalue weighted by Gasteiger charge is -2.06. The molecule has 0 atom stereocenters. The number of aromatic nitrogens is 2. The van der Waals surface area contributed by atoms with E-state index in [0.717, 1.165) is 15.1 Å². The van der Waals surface area contributed by atoms with Crippen molar-refractivity contribution in [2.24, 2.45) is 0 Å². The first-order valence-electron chi connectivity index (χ1n) is 4.43. The summed E-state index contributed by atoms with van der Waals surface area (Å²) >= 11 is 8.16. The second-order valence-electron chi connectivity index (χ2n) is 3.34. The molecule has 1 aromatic rings. The molecule has 2 rings (SSSR count). The summed E-state index contributed by atoms with van der Waals surface area (Å²) < 4.78 is 5.96. The average Bonchev–Trinajstić information content (AvgIpc) is 2.96. The van der Waals surface area contributed by atoms with E-state index in [0.29, 0.717) is 17.7 Å². The minimum atomic E-state index is 0.500. The van der Waals surface area contributed by atoms with Crippen LogP contribution in [0.2, 0.25) is 5.15 Å². The molecule has 1 aliphatic carbocycles. The van der Waals surface area contributed by atoms with Gasteiger partial charge in [0.15, 0.2) is 0 Å². The Hall–Kier alpha value is 0.0600. The van der Waals surface area contributed by atoms with Crippen LogP contribution in [0.25, 0.3) is 0 Å². The van der Waals surface area contributed by atoms with Gasteiger partial charge in [0.25, 0.3) is 0 Å². The summed E-state index contributed by atoms with van der Waals surface area (Å²) in [6, 6.07) is 0. The fourth-order valence-corrected chi connectivity index (χ4v) is 1.83. The van der Waals surface area contributed by atoms with Crippen molar-refractivity contribution in [2.45, 2.75) is 25.4 Å². The lowest BCUT2D eigenvalue weighted by molar-refractivity contribution is 0.180. The van der Waals surface area contributed by atoms with Crippen molar-refractivity contribution >= 4 is 34.2 Å². The Morgan fingerprint density at radius 1 is 1.50 bits per heavy atom. The van der Waals surface area contributed by atoms with Gasteiger partial charge in [-0.15, -0.1) is 0 Å². The molecule has 5 heteroatoms. The maximum absolute atomic E-state index is 6.01. The molecule has 0 radical (unpaired) electrons. The second kappa shape index (κ2) is 4.28. The van der Waals surface area contributed by atoms with Crippen LogP contribution in [0.3, 0.4) is 0 Å². The lowest BCUT2D eigenvalue weighted by Crippen LogP contribution is -2.03. The third-order valence-electron chi connectivity index (χ3n) is 2.12. The fraction of sp³-hybridized carbons (Fsp3) is 0.556. The highest BCUT2D eigenvalue weighted by Gasteiger charge is 2.28. The third kappa shape index (κ3) is 2.17. The second-order valence-corrected chi connectivity index (χ2v) is 4.78. The quantitative estimate of drug-likeness (QED) is 0.633. The number of hydrogen-bond donors (Lipinski definition) is 0. The molecule has 0 N–H and O–H groups in total. The van der Waals surface area contributed by atoms with Crippen molar-refractivity contribution in [2.75, 3.05) is 7.11 Å². The Labute approximate surface area is 101 Å². The van der Waals surface area contributed by atoms with Gasteiger partial charge in [-0.3, -0.25) is 0 Å². The Morgan fingerprint density at radius 2 is 2.21 bits per heavy atom. The molecule has 3 nitrogen and oxygen atoms in total. The first-order valence-corrected chi connectivity index (χ1v) is 5.88. The number of nitrogens with zero attached hydrogens (tertiary/aromatic N) is 2. The lowest BCUT2D eigenvalue weighted by atomic mass is 10.3. The average molecular weight is 325 g/mol. The standard InChI is InChI=1S/C9H10ClIN2O/c1-14-4-6-7(11)8(10)13-9(12-6)5-2-3-5/h5H,2-4H2,1H3. The van der Waals surface area contributed by atoms with Gasteiger partial charge in [0.2, 0.25) is 0 Å². The highest BCUT2D eigenvalue weighted by molar-refractivity contribution is 14.1. The summed E-state index contributed by atoms with van der Waals surface area (Å²) in [6.07, 6.45) is 2.37. The van der Waals surface area contributed by atoms with Gasteiger partial charge in [-0.1, -0.05) is 11.6 Å². The van der Waals surface area contributed by atoms with E-state index in [1.807, 2.05) is 0 Å². The zero-order chi connectivity index (χ0) is 10.1. The SMILES string of the molecule is COCc1nc(C2CC2)nc(Cl)c1I. The minimum Gasteiger partial charge on any atom is -0.378 e. The summed E-state index contributed by atoms with van der Waals surface area (Å²) in [4.78, 5) is 8.73. The van der Waals surface area contributed by atoms with Crippen LogP contribution in [0, 0.1) is 3.57 Å². The molecule has 0 bridgehead atoms. The van der Waals surface area contributed by atoms with Gasteiger partial charge < -0.3 is 4.74 Å². The van der Waals surface area contributed by atoms with Crippen LogP contribution in [-0.4, -0.2) is 17.1 Å². The van der Waals surface area contributed by atoms with Crippen molar-refractivity contribution in [3.8, 4) is 0 Å². The van der Waals surface area contributed by atoms with E-state index < -0.39 is 0 Å². The van der Waals surface area contributed by atoms with Crippen LogP contribution >= 0.6 is 34.2 Å². The molecule has 1 heterocycles. The van der Waals surface area contributed by atoms with Gasteiger partial charge in [-0.05, 0) is 35.4 Å². The molecule has 0 aliphatic heterocycles. The number of methoxy groups -OCH3 is 1. The van der Waals surface area contributed by atoms with E-state index in [1.54, 1.807) is 7.11 Å². The molecule has 1 aromatic heterocycles. The van der Waals surface area contributed by atoms with Crippen LogP contribution < -0.4 is 0 Å². The van der Waals surface area contributed by atoms with Crippen molar-refractivity contribution in [3.05, 3.63) is 20.2 Å². The van der Waals surface area contributed by atoms with Crippen molar-refractivity contribution in [3.63, 3.8) is 0 Å². The smallest absolute Gasteiger partial charge is 0.146 e. The normalized spacial score (nSPS) is 15.9. The van der Waals surface area contributed by atoms with Gasteiger partial charge in [-0.25, -0.2) is 9.97 Å². The van der Waals surface area contributed by atoms with E-state index >= 15 is 0 Å². The number of hydrogen-bond acceptors (Lipinski definition) is 3. The largest absolute Gasteiger partial charge is 0.378 e. The first-order chi connectivity index (χ1) is 6.72. The molecule has 0 unspecified atom stereocenters. The predicted molar refractivity (Wildman–Crippen MR) is 62.4 cm³/mol. The zero-order valence-corrected chi connectivity index (χ0v) is 10.7. The van der Waals surface area contributed by atoms with Crippen LogP contribution in [-0.2, 0) is 11.3 Å². The minimum absolute atomic E-state index is 0.500. The Bertz CT molecular complexity index is 355. The monoisotopic (exact) mass is 324 g/mol. The molecule has 1 saturated carbocycles. The third-order valence-corrected chi connectivity index (χ3v) is 3.85. The summed E-state index contributed by atoms with van der Waals surface area (Å²) in [6.45, 7) is 0.500. The fourth-order valence-electron chi connectivity index (χ4n) is 1.24. The molecule has 1 fully saturated rings. The molecule has 0 amide bonds. The summed E-state index contributed by atoms with van der Waals surface area (Å²) in [5.74, 6) is 1.41. The topological polar surface area (TPSA) is 35.0 Å². The van der Waals surface area contributed by atoms with E-state index in [9.17, 15) is 0 Å². The van der Waals surface area contributed by atoms with Crippen LogP contribution in [0.4, 0.5) is 0 Å². The maximum atomic E-state index is 6.01. The molecule has 76 valence electrons. The van der Waals surface area contributed by atoms with Crippen molar-refractivity contribution in [1.29, 1.82) is 0 Å². The molecule has 0 spiro atoms. The van der Waals surface area contributed by atoms with Gasteiger partial charge in [-0.2, -0.15) is 0 Å². The van der Waals surface area contributed by atoms with E-state index in [-0.39, 0.29) is 0 Å². The van der Waals surface area contributed by atoms with Crippen molar-refractivity contribution in [1.82, 2.24) is 9.97 Å². The highest BCUT2D eigenvalue weighted by Crippen LogP contribution is 2.39. The Kier molecular flexibility index (Phi) is 3.23. The molecule has 0 saturated heterocycles. The van der Waals surface area contributed by atoms with E-state index in [4.69, 9.17) is 16.3 Å². The molecular formula is C9H10ClIN2O. The molecule has 1 aliphatic rings. The maximum Gasteiger partial charge on any atom is 0.146 e. The van der Waals surface area contributed by atoms with Crippen LogP contribution in [0.1, 0.15) is 30.3 Å². The number of halogens is 2.